The van der Waals surface area contributed by atoms with E-state index in [9.17, 15) is 9.90 Å². The zero-order chi connectivity index (χ0) is 21.9. The lowest BCUT2D eigenvalue weighted by Gasteiger charge is -2.43. The Labute approximate surface area is 178 Å². The molecular weight excluding hydrogens is 401 g/mol. The normalized spacial score (nSPS) is 22.0. The first-order valence-corrected chi connectivity index (χ1v) is 13.2. The second-order valence-electron chi connectivity index (χ2n) is 8.35. The zero-order valence-electron chi connectivity index (χ0n) is 17.9. The van der Waals surface area contributed by atoms with Crippen LogP contribution in [0.25, 0.3) is 0 Å². The predicted octanol–water partition coefficient (Wildman–Crippen LogP) is 4.95. The number of aliphatic hydroxyl groups is 1. The smallest absolute Gasteiger partial charge is 0.255 e. The van der Waals surface area contributed by atoms with Gasteiger partial charge in [0.2, 0.25) is 8.41 Å². The number of benzene rings is 2. The summed E-state index contributed by atoms with van der Waals surface area (Å²) < 4.78 is 27.1. The van der Waals surface area contributed by atoms with E-state index in [1.807, 2.05) is 31.2 Å². The standard InChI is InChI=1S/C23H30FNO4Si/c1-15-21(28-2)18-14-17(25-23(27)16-8-6-5-7-9-16)10-11-19(18)29-22(15)20(12-13-26)30(3,4)24/h5-11,14-15,20-22,26H,12-13H2,1-4H3,(H,25,27)/t15-,20?,21-,22-/m1/s1. The summed E-state index contributed by atoms with van der Waals surface area (Å²) in [5.74, 6) is 0.325. The summed E-state index contributed by atoms with van der Waals surface area (Å²) in [7, 11) is -1.44. The molecule has 3 rings (SSSR count). The molecular formula is C23H30FNO4Si. The SMILES string of the molecule is CO[C@H]1c2cc(NC(=O)c3ccccc3)ccc2O[C@@H](C(CCO)[Si](C)(C)F)[C@@H]1C. The van der Waals surface area contributed by atoms with Crippen molar-refractivity contribution in [3.8, 4) is 5.75 Å². The Morgan fingerprint density at radius 3 is 2.57 bits per heavy atom. The first-order chi connectivity index (χ1) is 14.3. The van der Waals surface area contributed by atoms with E-state index in [0.717, 1.165) is 5.56 Å². The molecule has 2 aromatic carbocycles. The fourth-order valence-corrected chi connectivity index (χ4v) is 6.25. The lowest BCUT2D eigenvalue weighted by atomic mass is 9.86. The van der Waals surface area contributed by atoms with Gasteiger partial charge in [0.05, 0.1) is 6.10 Å². The highest BCUT2D eigenvalue weighted by atomic mass is 28.4. The van der Waals surface area contributed by atoms with Crippen molar-refractivity contribution in [2.45, 2.75) is 44.2 Å². The number of nitrogens with one attached hydrogen (secondary N) is 1. The molecule has 5 nitrogen and oxygen atoms in total. The fourth-order valence-electron chi connectivity index (χ4n) is 4.29. The highest BCUT2D eigenvalue weighted by molar-refractivity contribution is 6.72. The molecule has 2 N–H and O–H groups in total. The van der Waals surface area contributed by atoms with E-state index in [1.165, 1.54) is 0 Å². The number of methoxy groups -OCH3 is 1. The number of carbonyl (C=O) groups is 1. The molecule has 1 unspecified atom stereocenters. The average molecular weight is 432 g/mol. The highest BCUT2D eigenvalue weighted by Gasteiger charge is 2.47. The largest absolute Gasteiger partial charge is 0.490 e. The van der Waals surface area contributed by atoms with Crippen LogP contribution in [-0.4, -0.2) is 39.2 Å². The molecule has 0 aliphatic carbocycles. The molecule has 2 aromatic rings. The van der Waals surface area contributed by atoms with Crippen LogP contribution in [0.5, 0.6) is 5.75 Å². The lowest BCUT2D eigenvalue weighted by Crippen LogP contribution is -2.46. The van der Waals surface area contributed by atoms with Crippen LogP contribution in [0.3, 0.4) is 0 Å². The summed E-state index contributed by atoms with van der Waals surface area (Å²) in [5, 5.41) is 12.4. The van der Waals surface area contributed by atoms with E-state index < -0.39 is 8.41 Å². The van der Waals surface area contributed by atoms with E-state index in [-0.39, 0.29) is 36.2 Å². The van der Waals surface area contributed by atoms with Gasteiger partial charge in [-0.2, -0.15) is 0 Å². The van der Waals surface area contributed by atoms with Crippen LogP contribution in [0.4, 0.5) is 9.80 Å². The molecule has 4 atom stereocenters. The van der Waals surface area contributed by atoms with Crippen molar-refractivity contribution >= 4 is 20.0 Å². The summed E-state index contributed by atoms with van der Waals surface area (Å²) in [5.41, 5.74) is 1.70. The summed E-state index contributed by atoms with van der Waals surface area (Å²) in [4.78, 5) is 12.5. The van der Waals surface area contributed by atoms with Crippen LogP contribution in [0.2, 0.25) is 18.6 Å². The number of ether oxygens (including phenoxy) is 2. The first kappa shape index (κ1) is 22.5. The maximum absolute atomic E-state index is 15.0. The van der Waals surface area contributed by atoms with Crippen LogP contribution in [0.15, 0.2) is 48.5 Å². The van der Waals surface area contributed by atoms with E-state index in [1.54, 1.807) is 44.5 Å². The molecule has 0 saturated carbocycles. The number of anilines is 1. The Morgan fingerprint density at radius 2 is 1.97 bits per heavy atom. The number of rotatable bonds is 7. The maximum Gasteiger partial charge on any atom is 0.255 e. The molecule has 0 saturated heterocycles. The van der Waals surface area contributed by atoms with Crippen LogP contribution < -0.4 is 10.1 Å². The number of fused-ring (bicyclic) bond motifs is 1. The minimum Gasteiger partial charge on any atom is -0.490 e. The second kappa shape index (κ2) is 9.28. The summed E-state index contributed by atoms with van der Waals surface area (Å²) in [6.45, 7) is 5.22. The van der Waals surface area contributed by atoms with Gasteiger partial charge in [0.1, 0.15) is 11.9 Å². The van der Waals surface area contributed by atoms with Crippen molar-refractivity contribution in [3.05, 3.63) is 59.7 Å². The van der Waals surface area contributed by atoms with Gasteiger partial charge in [-0.1, -0.05) is 25.1 Å². The summed E-state index contributed by atoms with van der Waals surface area (Å²) in [6.07, 6.45) is -0.322. The molecule has 1 amide bonds. The van der Waals surface area contributed by atoms with Gasteiger partial charge in [-0.15, -0.1) is 0 Å². The quantitative estimate of drug-likeness (QED) is 0.481. The molecule has 30 heavy (non-hydrogen) atoms. The maximum atomic E-state index is 15.0. The van der Waals surface area contributed by atoms with Crippen molar-refractivity contribution in [3.63, 3.8) is 0 Å². The average Bonchev–Trinajstić information content (AvgIpc) is 2.72. The van der Waals surface area contributed by atoms with Crippen LogP contribution >= 0.6 is 0 Å². The van der Waals surface area contributed by atoms with Gasteiger partial charge in [0, 0.05) is 42.0 Å². The van der Waals surface area contributed by atoms with Gasteiger partial charge in [0.25, 0.3) is 5.91 Å². The van der Waals surface area contributed by atoms with Crippen molar-refractivity contribution in [2.75, 3.05) is 19.0 Å². The van der Waals surface area contributed by atoms with Crippen molar-refractivity contribution < 1.29 is 23.5 Å². The fraction of sp³-hybridized carbons (Fsp3) is 0.435. The van der Waals surface area contributed by atoms with Crippen molar-refractivity contribution in [2.24, 2.45) is 5.92 Å². The molecule has 0 bridgehead atoms. The van der Waals surface area contributed by atoms with Gasteiger partial charge < -0.3 is 24.0 Å². The monoisotopic (exact) mass is 431 g/mol. The molecule has 0 radical (unpaired) electrons. The minimum absolute atomic E-state index is 0.0768. The minimum atomic E-state index is -3.07. The zero-order valence-corrected chi connectivity index (χ0v) is 18.9. The third kappa shape index (κ3) is 4.74. The van der Waals surface area contributed by atoms with E-state index in [4.69, 9.17) is 9.47 Å². The topological polar surface area (TPSA) is 67.8 Å². The Morgan fingerprint density at radius 1 is 1.27 bits per heavy atom. The number of carbonyl (C=O) groups excluding carboxylic acids is 1. The van der Waals surface area contributed by atoms with Gasteiger partial charge in [-0.25, -0.2) is 0 Å². The Kier molecular flexibility index (Phi) is 6.95. The molecule has 7 heteroatoms. The van der Waals surface area contributed by atoms with Crippen LogP contribution in [-0.2, 0) is 4.74 Å². The number of hydrogen-bond acceptors (Lipinski definition) is 4. The van der Waals surface area contributed by atoms with Crippen LogP contribution in [0.1, 0.15) is 35.4 Å². The Balaban J connectivity index is 1.88. The van der Waals surface area contributed by atoms with Gasteiger partial charge in [-0.3, -0.25) is 4.79 Å². The van der Waals surface area contributed by atoms with Gasteiger partial charge >= 0.3 is 0 Å². The molecule has 0 aromatic heterocycles. The summed E-state index contributed by atoms with van der Waals surface area (Å²) in [6, 6.07) is 14.4. The molecule has 1 aliphatic heterocycles. The number of hydrogen-bond donors (Lipinski definition) is 2. The van der Waals surface area contributed by atoms with Crippen molar-refractivity contribution in [1.29, 1.82) is 0 Å². The summed E-state index contributed by atoms with van der Waals surface area (Å²) >= 11 is 0. The van der Waals surface area contributed by atoms with Crippen LogP contribution in [0, 0.1) is 5.92 Å². The predicted molar refractivity (Wildman–Crippen MR) is 118 cm³/mol. The van der Waals surface area contributed by atoms with Crippen molar-refractivity contribution in [1.82, 2.24) is 0 Å². The van der Waals surface area contributed by atoms with Gasteiger partial charge in [0.15, 0.2) is 0 Å². The number of halogens is 1. The Hall–Kier alpha value is -2.22. The molecule has 1 aliphatic rings. The highest BCUT2D eigenvalue weighted by Crippen LogP contribution is 2.47. The van der Waals surface area contributed by atoms with E-state index >= 15 is 4.11 Å². The lowest BCUT2D eigenvalue weighted by molar-refractivity contribution is -0.0250. The second-order valence-corrected chi connectivity index (χ2v) is 12.2. The molecule has 0 fully saturated rings. The number of amides is 1. The van der Waals surface area contributed by atoms with Gasteiger partial charge in [-0.05, 0) is 49.8 Å². The molecule has 0 spiro atoms. The third-order valence-corrected chi connectivity index (χ3v) is 8.22. The Bertz CT molecular complexity index is 871. The van der Waals surface area contributed by atoms with E-state index in [2.05, 4.69) is 5.32 Å². The molecule has 162 valence electrons. The van der Waals surface area contributed by atoms with E-state index in [0.29, 0.717) is 23.4 Å². The molecule has 1 heterocycles. The number of aliphatic hydroxyl groups excluding tert-OH is 1. The third-order valence-electron chi connectivity index (χ3n) is 5.84. The first-order valence-electron chi connectivity index (χ1n) is 10.3.